The molecule has 27 heavy (non-hydrogen) atoms. The Morgan fingerprint density at radius 2 is 1.81 bits per heavy atom. The lowest BCUT2D eigenvalue weighted by Crippen LogP contribution is -2.43. The molecule has 0 aromatic carbocycles. The lowest BCUT2D eigenvalue weighted by Gasteiger charge is -2.36. The molecule has 1 aromatic heterocycles. The third kappa shape index (κ3) is 2.85. The average Bonchev–Trinajstić information content (AvgIpc) is 3.01. The van der Waals surface area contributed by atoms with Crippen LogP contribution in [0.5, 0.6) is 0 Å². The van der Waals surface area contributed by atoms with Gasteiger partial charge in [0.2, 0.25) is 5.91 Å². The summed E-state index contributed by atoms with van der Waals surface area (Å²) in [5.41, 5.74) is 0. The number of carbonyl (C=O) groups excluding carboxylic acids is 1. The van der Waals surface area contributed by atoms with Crippen LogP contribution in [-0.2, 0) is 4.79 Å². The summed E-state index contributed by atoms with van der Waals surface area (Å²) in [5, 5.41) is 3.97. The van der Waals surface area contributed by atoms with E-state index in [2.05, 4.69) is 33.8 Å². The number of aromatic nitrogens is 2. The van der Waals surface area contributed by atoms with Crippen molar-refractivity contribution >= 4 is 11.9 Å². The van der Waals surface area contributed by atoms with Crippen molar-refractivity contribution in [2.45, 2.75) is 52.1 Å². The lowest BCUT2D eigenvalue weighted by molar-refractivity contribution is -0.133. The first-order valence-electron chi connectivity index (χ1n) is 10.7. The van der Waals surface area contributed by atoms with Gasteiger partial charge in [0.15, 0.2) is 5.82 Å². The number of nitrogens with zero attached hydrogens (tertiary/aromatic N) is 5. The summed E-state index contributed by atoms with van der Waals surface area (Å²) in [5.74, 6) is 3.35. The van der Waals surface area contributed by atoms with E-state index in [1.54, 1.807) is 0 Å². The first-order chi connectivity index (χ1) is 13.1. The molecule has 2 bridgehead atoms. The van der Waals surface area contributed by atoms with E-state index in [0.29, 0.717) is 47.6 Å². The Morgan fingerprint density at radius 3 is 2.44 bits per heavy atom. The summed E-state index contributed by atoms with van der Waals surface area (Å²) >= 11 is 0. The Bertz CT molecular complexity index is 705. The highest BCUT2D eigenvalue weighted by Crippen LogP contribution is 2.54. The molecule has 2 saturated carbocycles. The van der Waals surface area contributed by atoms with Gasteiger partial charge in [-0.25, -0.2) is 0 Å². The number of hydrogen-bond donors (Lipinski definition) is 0. The molecule has 0 spiro atoms. The van der Waals surface area contributed by atoms with Crippen molar-refractivity contribution in [1.82, 2.24) is 19.9 Å². The van der Waals surface area contributed by atoms with Crippen molar-refractivity contribution in [1.29, 1.82) is 0 Å². The molecule has 4 fully saturated rings. The number of hydrogen-bond acceptors (Lipinski definition) is 6. The summed E-state index contributed by atoms with van der Waals surface area (Å²) in [4.78, 5) is 24.1. The highest BCUT2D eigenvalue weighted by atomic mass is 16.5. The van der Waals surface area contributed by atoms with E-state index in [1.165, 1.54) is 19.3 Å². The van der Waals surface area contributed by atoms with Crippen LogP contribution in [0.2, 0.25) is 0 Å². The maximum atomic E-state index is 12.7. The van der Waals surface area contributed by atoms with Crippen LogP contribution in [0.1, 0.15) is 38.9 Å². The average molecular weight is 374 g/mol. The first-order valence-corrected chi connectivity index (χ1v) is 10.7. The second-order valence-electron chi connectivity index (χ2n) is 8.98. The Kier molecular flexibility index (Phi) is 4.18. The van der Waals surface area contributed by atoms with Crippen LogP contribution in [0.15, 0.2) is 4.52 Å². The largest absolute Gasteiger partial charge is 0.343 e. The van der Waals surface area contributed by atoms with Gasteiger partial charge in [0.1, 0.15) is 0 Å². The van der Waals surface area contributed by atoms with Crippen LogP contribution in [0, 0.1) is 30.6 Å². The molecule has 6 atom stereocenters. The Morgan fingerprint density at radius 1 is 1.11 bits per heavy atom. The molecule has 2 saturated heterocycles. The van der Waals surface area contributed by atoms with E-state index in [1.807, 2.05) is 11.8 Å². The van der Waals surface area contributed by atoms with E-state index in [4.69, 9.17) is 4.52 Å². The van der Waals surface area contributed by atoms with E-state index in [-0.39, 0.29) is 0 Å². The molecule has 7 heteroatoms. The maximum absolute atomic E-state index is 12.7. The van der Waals surface area contributed by atoms with Gasteiger partial charge in [0.25, 0.3) is 0 Å². The Labute approximate surface area is 161 Å². The van der Waals surface area contributed by atoms with Crippen LogP contribution in [0.3, 0.4) is 0 Å². The molecule has 1 amide bonds. The predicted octanol–water partition coefficient (Wildman–Crippen LogP) is 1.78. The fraction of sp³-hybridized carbons (Fsp3) is 0.850. The van der Waals surface area contributed by atoms with E-state index in [0.717, 1.165) is 38.6 Å². The monoisotopic (exact) mass is 373 g/mol. The number of carbonyl (C=O) groups is 1. The first kappa shape index (κ1) is 17.5. The number of aryl methyl sites for hydroxylation is 1. The molecule has 2 aliphatic heterocycles. The molecule has 148 valence electrons. The topological polar surface area (TPSA) is 65.7 Å². The van der Waals surface area contributed by atoms with Gasteiger partial charge >= 0.3 is 6.01 Å². The smallest absolute Gasteiger partial charge is 0.324 e. The molecular weight excluding hydrogens is 342 g/mol. The third-order valence-corrected chi connectivity index (χ3v) is 7.51. The molecule has 4 aliphatic rings. The van der Waals surface area contributed by atoms with Crippen LogP contribution >= 0.6 is 0 Å². The van der Waals surface area contributed by atoms with Crippen LogP contribution < -0.4 is 4.90 Å². The zero-order chi connectivity index (χ0) is 18.7. The van der Waals surface area contributed by atoms with Crippen LogP contribution in [0.4, 0.5) is 6.01 Å². The minimum atomic E-state index is 0.305. The van der Waals surface area contributed by atoms with Crippen LogP contribution in [-0.4, -0.2) is 70.7 Å². The van der Waals surface area contributed by atoms with E-state index in [9.17, 15) is 4.79 Å². The van der Waals surface area contributed by atoms with E-state index < -0.39 is 0 Å². The molecule has 7 nitrogen and oxygen atoms in total. The number of rotatable bonds is 5. The zero-order valence-corrected chi connectivity index (χ0v) is 16.7. The van der Waals surface area contributed by atoms with Gasteiger partial charge in [0, 0.05) is 50.7 Å². The van der Waals surface area contributed by atoms with Gasteiger partial charge in [-0.2, -0.15) is 4.98 Å². The fourth-order valence-electron chi connectivity index (χ4n) is 6.11. The number of piperidine rings is 1. The quantitative estimate of drug-likeness (QED) is 0.784. The van der Waals surface area contributed by atoms with Gasteiger partial charge in [-0.15, -0.1) is 0 Å². The number of anilines is 1. The number of likely N-dealkylation sites (tertiary alicyclic amines) is 1. The van der Waals surface area contributed by atoms with E-state index >= 15 is 0 Å². The zero-order valence-electron chi connectivity index (χ0n) is 16.7. The highest BCUT2D eigenvalue weighted by Gasteiger charge is 2.61. The summed E-state index contributed by atoms with van der Waals surface area (Å²) < 4.78 is 5.43. The fourth-order valence-corrected chi connectivity index (χ4v) is 6.11. The van der Waals surface area contributed by atoms with Crippen molar-refractivity contribution in [3.63, 3.8) is 0 Å². The summed E-state index contributed by atoms with van der Waals surface area (Å²) in [6.07, 6.45) is 3.71. The molecule has 4 unspecified atom stereocenters. The van der Waals surface area contributed by atoms with Crippen molar-refractivity contribution in [3.05, 3.63) is 5.82 Å². The minimum absolute atomic E-state index is 0.305. The Hall–Kier alpha value is -1.63. The molecule has 0 N–H and O–H groups in total. The highest BCUT2D eigenvalue weighted by molar-refractivity contribution is 5.82. The normalized spacial score (nSPS) is 37.5. The number of fused-ring (bicyclic) bond motifs is 3. The summed E-state index contributed by atoms with van der Waals surface area (Å²) in [6.45, 7) is 11.0. The van der Waals surface area contributed by atoms with Crippen molar-refractivity contribution in [2.75, 3.05) is 37.6 Å². The Balaban J connectivity index is 1.19. The molecule has 2 aliphatic carbocycles. The lowest BCUT2D eigenvalue weighted by atomic mass is 9.85. The van der Waals surface area contributed by atoms with Gasteiger partial charge in [-0.3, -0.25) is 9.69 Å². The van der Waals surface area contributed by atoms with Crippen LogP contribution in [0.25, 0.3) is 0 Å². The third-order valence-electron chi connectivity index (χ3n) is 7.51. The summed E-state index contributed by atoms with van der Waals surface area (Å²) in [6, 6.07) is 1.88. The maximum Gasteiger partial charge on any atom is 0.324 e. The standard InChI is InChI=1S/C20H31N5O2/c1-4-23(5-2)19(26)18-16-10-24(11-17(16)18)14-6-13-7-15(8-14)25(9-13)20-21-12(3)22-27-20/h13-18H,4-11H2,1-3H3/t13?,14?,15?,16-,17+,18?. The second-order valence-corrected chi connectivity index (χ2v) is 8.98. The summed E-state index contributed by atoms with van der Waals surface area (Å²) in [7, 11) is 0. The van der Waals surface area contributed by atoms with Gasteiger partial charge in [-0.05, 0) is 57.8 Å². The SMILES string of the molecule is CCN(CC)C(=O)C1[C@H]2CN(C3CC4CC(C3)N(c3nc(C)no3)C4)C[C@@H]12. The molecule has 5 rings (SSSR count). The van der Waals surface area contributed by atoms with Gasteiger partial charge in [-0.1, -0.05) is 5.16 Å². The van der Waals surface area contributed by atoms with Crippen molar-refractivity contribution < 1.29 is 9.32 Å². The minimum Gasteiger partial charge on any atom is -0.343 e. The molecule has 3 heterocycles. The van der Waals surface area contributed by atoms with Gasteiger partial charge in [0.05, 0.1) is 0 Å². The van der Waals surface area contributed by atoms with Gasteiger partial charge < -0.3 is 14.3 Å². The van der Waals surface area contributed by atoms with Crippen molar-refractivity contribution in [3.8, 4) is 0 Å². The number of amides is 1. The molecule has 0 radical (unpaired) electrons. The second kappa shape index (κ2) is 6.47. The molecule has 1 aromatic rings. The van der Waals surface area contributed by atoms with Crippen molar-refractivity contribution in [2.24, 2.45) is 23.7 Å². The molecular formula is C20H31N5O2. The predicted molar refractivity (Wildman–Crippen MR) is 101 cm³/mol.